The van der Waals surface area contributed by atoms with Crippen LogP contribution in [0.25, 0.3) is 0 Å². The summed E-state index contributed by atoms with van der Waals surface area (Å²) in [5.41, 5.74) is 0.463. The van der Waals surface area contributed by atoms with Gasteiger partial charge in [-0.2, -0.15) is 0 Å². The van der Waals surface area contributed by atoms with Gasteiger partial charge < -0.3 is 9.84 Å². The summed E-state index contributed by atoms with van der Waals surface area (Å²) in [5, 5.41) is 8.97. The van der Waals surface area contributed by atoms with E-state index in [0.29, 0.717) is 23.1 Å². The summed E-state index contributed by atoms with van der Waals surface area (Å²) in [5.74, 6) is -1.23. The van der Waals surface area contributed by atoms with Crippen LogP contribution in [0.2, 0.25) is 0 Å². The van der Waals surface area contributed by atoms with Gasteiger partial charge in [-0.15, -0.1) is 0 Å². The SMILES string of the molecule is COCCCS(=O)(=O)c1cc(C(=O)O)cc(Br)c1C. The second kappa shape index (κ2) is 6.49. The van der Waals surface area contributed by atoms with Crippen molar-refractivity contribution in [1.82, 2.24) is 0 Å². The maximum atomic E-state index is 12.2. The zero-order valence-corrected chi connectivity index (χ0v) is 13.0. The molecule has 19 heavy (non-hydrogen) atoms. The number of methoxy groups -OCH3 is 1. The molecule has 5 nitrogen and oxygen atoms in total. The van der Waals surface area contributed by atoms with E-state index in [1.807, 2.05) is 0 Å². The van der Waals surface area contributed by atoms with Crippen LogP contribution in [0.15, 0.2) is 21.5 Å². The summed E-state index contributed by atoms with van der Waals surface area (Å²) >= 11 is 3.19. The first kappa shape index (κ1) is 16.1. The lowest BCUT2D eigenvalue weighted by molar-refractivity contribution is 0.0696. The molecule has 0 saturated heterocycles. The van der Waals surface area contributed by atoms with Gasteiger partial charge in [0.1, 0.15) is 0 Å². The van der Waals surface area contributed by atoms with Crippen molar-refractivity contribution in [2.45, 2.75) is 18.2 Å². The van der Waals surface area contributed by atoms with E-state index in [9.17, 15) is 13.2 Å². The lowest BCUT2D eigenvalue weighted by Crippen LogP contribution is -2.12. The molecule has 1 aromatic carbocycles. The number of sulfone groups is 1. The quantitative estimate of drug-likeness (QED) is 0.796. The molecule has 0 amide bonds. The van der Waals surface area contributed by atoms with Crippen LogP contribution in [0, 0.1) is 6.92 Å². The van der Waals surface area contributed by atoms with E-state index in [-0.39, 0.29) is 16.2 Å². The van der Waals surface area contributed by atoms with Gasteiger partial charge in [0.2, 0.25) is 0 Å². The van der Waals surface area contributed by atoms with Crippen LogP contribution >= 0.6 is 15.9 Å². The molecular weight excluding hydrogens is 336 g/mol. The van der Waals surface area contributed by atoms with E-state index in [1.165, 1.54) is 19.2 Å². The first-order valence-electron chi connectivity index (χ1n) is 5.54. The highest BCUT2D eigenvalue weighted by atomic mass is 79.9. The number of halogens is 1. The lowest BCUT2D eigenvalue weighted by atomic mass is 10.1. The molecule has 1 rings (SSSR count). The maximum Gasteiger partial charge on any atom is 0.335 e. The number of carbonyl (C=O) groups is 1. The third-order valence-corrected chi connectivity index (χ3v) is 5.38. The van der Waals surface area contributed by atoms with E-state index in [4.69, 9.17) is 9.84 Å². The molecule has 0 aliphatic rings. The maximum absolute atomic E-state index is 12.2. The molecule has 0 heterocycles. The van der Waals surface area contributed by atoms with Crippen LogP contribution in [0.3, 0.4) is 0 Å². The first-order valence-corrected chi connectivity index (χ1v) is 7.99. The number of ether oxygens (including phenoxy) is 1. The van der Waals surface area contributed by atoms with Crippen molar-refractivity contribution in [1.29, 1.82) is 0 Å². The molecule has 0 saturated carbocycles. The number of hydrogen-bond acceptors (Lipinski definition) is 4. The van der Waals surface area contributed by atoms with Gasteiger partial charge in [-0.25, -0.2) is 13.2 Å². The third-order valence-electron chi connectivity index (χ3n) is 2.64. The largest absolute Gasteiger partial charge is 0.478 e. The molecule has 0 unspecified atom stereocenters. The highest BCUT2D eigenvalue weighted by Crippen LogP contribution is 2.27. The Morgan fingerprint density at radius 1 is 1.42 bits per heavy atom. The molecule has 0 fully saturated rings. The fourth-order valence-corrected chi connectivity index (χ4v) is 3.80. The van der Waals surface area contributed by atoms with Gasteiger partial charge >= 0.3 is 5.97 Å². The van der Waals surface area contributed by atoms with Gasteiger partial charge in [0.05, 0.1) is 16.2 Å². The Morgan fingerprint density at radius 3 is 2.58 bits per heavy atom. The number of benzene rings is 1. The van der Waals surface area contributed by atoms with Gasteiger partial charge in [-0.1, -0.05) is 15.9 Å². The summed E-state index contributed by atoms with van der Waals surface area (Å²) in [7, 11) is -2.02. The number of carboxylic acids is 1. The molecule has 0 aromatic heterocycles. The van der Waals surface area contributed by atoms with Crippen molar-refractivity contribution in [3.63, 3.8) is 0 Å². The van der Waals surface area contributed by atoms with Crippen molar-refractivity contribution >= 4 is 31.7 Å². The summed E-state index contributed by atoms with van der Waals surface area (Å²) < 4.78 is 29.7. The minimum atomic E-state index is -3.52. The van der Waals surface area contributed by atoms with Crippen LogP contribution in [-0.2, 0) is 14.6 Å². The van der Waals surface area contributed by atoms with Gasteiger partial charge in [-0.3, -0.25) is 0 Å². The fourth-order valence-electron chi connectivity index (χ4n) is 1.60. The Hall–Kier alpha value is -0.920. The topological polar surface area (TPSA) is 80.7 Å². The van der Waals surface area contributed by atoms with E-state index in [2.05, 4.69) is 15.9 Å². The summed E-state index contributed by atoms with van der Waals surface area (Å²) in [6, 6.07) is 2.59. The fraction of sp³-hybridized carbons (Fsp3) is 0.417. The van der Waals surface area contributed by atoms with Gasteiger partial charge in [0.15, 0.2) is 9.84 Å². The monoisotopic (exact) mass is 350 g/mol. The van der Waals surface area contributed by atoms with Crippen molar-refractivity contribution in [3.8, 4) is 0 Å². The minimum absolute atomic E-state index is 0.0513. The summed E-state index contributed by atoms with van der Waals surface area (Å²) in [6.45, 7) is 1.98. The number of hydrogen-bond donors (Lipinski definition) is 1. The van der Waals surface area contributed by atoms with Crippen molar-refractivity contribution in [2.24, 2.45) is 0 Å². The molecule has 0 aliphatic heterocycles. The molecule has 1 N–H and O–H groups in total. The van der Waals surface area contributed by atoms with E-state index in [1.54, 1.807) is 6.92 Å². The Balaban J connectivity index is 3.21. The zero-order chi connectivity index (χ0) is 14.6. The highest BCUT2D eigenvalue weighted by molar-refractivity contribution is 9.10. The molecule has 7 heteroatoms. The van der Waals surface area contributed by atoms with Crippen LogP contribution in [-0.4, -0.2) is 39.0 Å². The van der Waals surface area contributed by atoms with Crippen molar-refractivity contribution < 1.29 is 23.1 Å². The van der Waals surface area contributed by atoms with Crippen LogP contribution in [0.1, 0.15) is 22.3 Å². The molecule has 0 aliphatic carbocycles. The smallest absolute Gasteiger partial charge is 0.335 e. The third kappa shape index (κ3) is 4.02. The van der Waals surface area contributed by atoms with Gasteiger partial charge in [-0.05, 0) is 31.0 Å². The van der Waals surface area contributed by atoms with Gasteiger partial charge in [0.25, 0.3) is 0 Å². The average molecular weight is 351 g/mol. The Morgan fingerprint density at radius 2 is 2.05 bits per heavy atom. The summed E-state index contributed by atoms with van der Waals surface area (Å²) in [6.07, 6.45) is 0.368. The lowest BCUT2D eigenvalue weighted by Gasteiger charge is -2.10. The molecular formula is C12H15BrO5S. The van der Waals surface area contributed by atoms with E-state index >= 15 is 0 Å². The summed E-state index contributed by atoms with van der Waals surface area (Å²) in [4.78, 5) is 11.0. The zero-order valence-electron chi connectivity index (χ0n) is 10.6. The Labute approximate surface area is 120 Å². The van der Waals surface area contributed by atoms with Crippen molar-refractivity contribution in [3.05, 3.63) is 27.7 Å². The van der Waals surface area contributed by atoms with Crippen LogP contribution in [0.5, 0.6) is 0 Å². The molecule has 0 radical (unpaired) electrons. The molecule has 1 aromatic rings. The number of carboxylic acid groups (broad SMARTS) is 1. The predicted molar refractivity (Wildman–Crippen MR) is 74.4 cm³/mol. The Bertz CT molecular complexity index is 580. The molecule has 0 atom stereocenters. The molecule has 106 valence electrons. The van der Waals surface area contributed by atoms with Crippen LogP contribution in [0.4, 0.5) is 0 Å². The standard InChI is InChI=1S/C12H15BrO5S/c1-8-10(13)6-9(12(14)15)7-11(8)19(16,17)5-3-4-18-2/h6-7H,3-5H2,1-2H3,(H,14,15). The number of aromatic carboxylic acids is 1. The predicted octanol–water partition coefficient (Wildman–Crippen LogP) is 2.27. The van der Waals surface area contributed by atoms with Crippen molar-refractivity contribution in [2.75, 3.05) is 19.5 Å². The van der Waals surface area contributed by atoms with Gasteiger partial charge in [0, 0.05) is 18.2 Å². The second-order valence-electron chi connectivity index (χ2n) is 4.05. The first-order chi connectivity index (χ1) is 8.79. The highest BCUT2D eigenvalue weighted by Gasteiger charge is 2.20. The molecule has 0 bridgehead atoms. The molecule has 0 spiro atoms. The number of rotatable bonds is 6. The van der Waals surface area contributed by atoms with E-state index in [0.717, 1.165) is 0 Å². The Kier molecular flexibility index (Phi) is 5.51. The average Bonchev–Trinajstić information content (AvgIpc) is 2.32. The van der Waals surface area contributed by atoms with E-state index < -0.39 is 15.8 Å². The minimum Gasteiger partial charge on any atom is -0.478 e. The van der Waals surface area contributed by atoms with Crippen LogP contribution < -0.4 is 0 Å². The normalized spacial score (nSPS) is 11.5. The second-order valence-corrected chi connectivity index (χ2v) is 6.98.